The maximum absolute atomic E-state index is 6.37. The lowest BCUT2D eigenvalue weighted by atomic mass is 9.76. The number of nitrogens with zero attached hydrogens (tertiary/aromatic N) is 1. The van der Waals surface area contributed by atoms with Crippen molar-refractivity contribution in [2.45, 2.75) is 32.2 Å². The van der Waals surface area contributed by atoms with Crippen LogP contribution in [-0.4, -0.2) is 19.9 Å². The van der Waals surface area contributed by atoms with Gasteiger partial charge in [0.25, 0.3) is 0 Å². The largest absolute Gasteiger partial charge is 0.491 e. The molecule has 3 aromatic rings. The molecular formula is C29H29ClN2O2. The van der Waals surface area contributed by atoms with E-state index < -0.39 is 0 Å². The van der Waals surface area contributed by atoms with E-state index in [1.165, 1.54) is 22.4 Å². The standard InChI is InChI=1S/C29H29ClN2O2/c1-4-34-27-16-19(15-25(30)29(27)33-3)17-31-21-11-9-20(10-12-21)28-23-7-5-6-22(23)24-14-18(2)8-13-26(24)32-28/h5-6,8-17,22-23,28,32H,4,7H2,1-3H3/t22-,23+,28+/m1/s1. The van der Waals surface area contributed by atoms with Crippen LogP contribution in [0, 0.1) is 12.8 Å². The van der Waals surface area contributed by atoms with Crippen LogP contribution >= 0.6 is 11.6 Å². The Kier molecular flexibility index (Phi) is 6.34. The summed E-state index contributed by atoms with van der Waals surface area (Å²) < 4.78 is 11.0. The average molecular weight is 473 g/mol. The molecule has 0 bridgehead atoms. The van der Waals surface area contributed by atoms with Crippen molar-refractivity contribution in [3.05, 3.63) is 94.0 Å². The topological polar surface area (TPSA) is 42.8 Å². The van der Waals surface area contributed by atoms with E-state index in [-0.39, 0.29) is 6.04 Å². The van der Waals surface area contributed by atoms with Crippen LogP contribution in [0.2, 0.25) is 5.02 Å². The summed E-state index contributed by atoms with van der Waals surface area (Å²) in [6.07, 6.45) is 7.61. The van der Waals surface area contributed by atoms with Crippen LogP contribution in [0.15, 0.2) is 71.7 Å². The van der Waals surface area contributed by atoms with Gasteiger partial charge in [-0.15, -0.1) is 0 Å². The Morgan fingerprint density at radius 3 is 2.71 bits per heavy atom. The number of fused-ring (bicyclic) bond motifs is 3. The van der Waals surface area contributed by atoms with Crippen molar-refractivity contribution in [2.24, 2.45) is 10.9 Å². The molecule has 34 heavy (non-hydrogen) atoms. The highest BCUT2D eigenvalue weighted by Gasteiger charge is 2.37. The summed E-state index contributed by atoms with van der Waals surface area (Å²) in [5.41, 5.74) is 7.01. The van der Waals surface area contributed by atoms with Crippen LogP contribution in [0.25, 0.3) is 0 Å². The molecule has 1 heterocycles. The van der Waals surface area contributed by atoms with E-state index in [1.54, 1.807) is 13.3 Å². The first-order valence-electron chi connectivity index (χ1n) is 11.8. The van der Waals surface area contributed by atoms with Gasteiger partial charge in [0.1, 0.15) is 0 Å². The Bertz CT molecular complexity index is 1250. The van der Waals surface area contributed by atoms with Crippen LogP contribution in [0.4, 0.5) is 11.4 Å². The molecule has 3 aromatic carbocycles. The molecule has 3 atom stereocenters. The minimum absolute atomic E-state index is 0.280. The zero-order chi connectivity index (χ0) is 23.7. The third-order valence-electron chi connectivity index (χ3n) is 6.67. The highest BCUT2D eigenvalue weighted by atomic mass is 35.5. The molecule has 1 aliphatic carbocycles. The van der Waals surface area contributed by atoms with Gasteiger partial charge in [-0.3, -0.25) is 4.99 Å². The summed E-state index contributed by atoms with van der Waals surface area (Å²) in [5, 5.41) is 4.31. The molecule has 5 heteroatoms. The maximum Gasteiger partial charge on any atom is 0.179 e. The number of aryl methyl sites for hydroxylation is 1. The zero-order valence-corrected chi connectivity index (χ0v) is 20.5. The summed E-state index contributed by atoms with van der Waals surface area (Å²) in [6.45, 7) is 4.63. The van der Waals surface area contributed by atoms with Gasteiger partial charge in [-0.2, -0.15) is 0 Å². The first-order chi connectivity index (χ1) is 16.6. The van der Waals surface area contributed by atoms with Gasteiger partial charge in [-0.25, -0.2) is 0 Å². The van der Waals surface area contributed by atoms with Crippen LogP contribution in [0.3, 0.4) is 0 Å². The molecule has 0 aromatic heterocycles. The third-order valence-corrected chi connectivity index (χ3v) is 6.95. The van der Waals surface area contributed by atoms with Gasteiger partial charge in [-0.1, -0.05) is 53.6 Å². The van der Waals surface area contributed by atoms with Crippen molar-refractivity contribution in [3.63, 3.8) is 0 Å². The minimum Gasteiger partial charge on any atom is -0.491 e. The predicted octanol–water partition coefficient (Wildman–Crippen LogP) is 7.63. The zero-order valence-electron chi connectivity index (χ0n) is 19.7. The number of ether oxygens (including phenoxy) is 2. The Morgan fingerprint density at radius 2 is 1.94 bits per heavy atom. The second kappa shape index (κ2) is 9.55. The number of benzene rings is 3. The molecule has 174 valence electrons. The van der Waals surface area contributed by atoms with E-state index >= 15 is 0 Å². The molecule has 0 fully saturated rings. The van der Waals surface area contributed by atoms with E-state index in [0.29, 0.717) is 35.0 Å². The molecule has 0 saturated carbocycles. The number of methoxy groups -OCH3 is 1. The van der Waals surface area contributed by atoms with Crippen molar-refractivity contribution in [2.75, 3.05) is 19.0 Å². The van der Waals surface area contributed by atoms with E-state index in [0.717, 1.165) is 17.7 Å². The average Bonchev–Trinajstić information content (AvgIpc) is 3.33. The number of hydrogen-bond donors (Lipinski definition) is 1. The van der Waals surface area contributed by atoms with Crippen LogP contribution in [0.1, 0.15) is 47.6 Å². The number of rotatable bonds is 6. The van der Waals surface area contributed by atoms with Gasteiger partial charge >= 0.3 is 0 Å². The maximum atomic E-state index is 6.37. The smallest absolute Gasteiger partial charge is 0.179 e. The summed E-state index contributed by atoms with van der Waals surface area (Å²) in [4.78, 5) is 4.66. The molecule has 5 rings (SSSR count). The van der Waals surface area contributed by atoms with Gasteiger partial charge in [0.05, 0.1) is 30.5 Å². The lowest BCUT2D eigenvalue weighted by molar-refractivity contribution is 0.311. The van der Waals surface area contributed by atoms with E-state index in [9.17, 15) is 0 Å². The predicted molar refractivity (Wildman–Crippen MR) is 140 cm³/mol. The molecule has 0 amide bonds. The second-order valence-electron chi connectivity index (χ2n) is 8.88. The lowest BCUT2D eigenvalue weighted by Gasteiger charge is -2.37. The number of hydrogen-bond acceptors (Lipinski definition) is 4. The monoisotopic (exact) mass is 472 g/mol. The number of anilines is 1. The van der Waals surface area contributed by atoms with Gasteiger partial charge in [0, 0.05) is 17.8 Å². The van der Waals surface area contributed by atoms with Crippen molar-refractivity contribution >= 4 is 29.2 Å². The van der Waals surface area contributed by atoms with E-state index in [2.05, 4.69) is 71.8 Å². The Hall–Kier alpha value is -3.24. The number of allylic oxidation sites excluding steroid dienone is 2. The molecule has 4 nitrogen and oxygen atoms in total. The number of nitrogens with one attached hydrogen (secondary N) is 1. The van der Waals surface area contributed by atoms with Crippen molar-refractivity contribution in [1.29, 1.82) is 0 Å². The van der Waals surface area contributed by atoms with Gasteiger partial charge in [-0.05, 0) is 73.2 Å². The molecule has 0 saturated heterocycles. The number of halogens is 1. The van der Waals surface area contributed by atoms with Crippen molar-refractivity contribution in [3.8, 4) is 11.5 Å². The van der Waals surface area contributed by atoms with Crippen LogP contribution in [0.5, 0.6) is 11.5 Å². The second-order valence-corrected chi connectivity index (χ2v) is 9.29. The fourth-order valence-corrected chi connectivity index (χ4v) is 5.38. The fourth-order valence-electron chi connectivity index (χ4n) is 5.08. The Labute approximate surface area is 206 Å². The SMILES string of the molecule is CCOc1cc(C=Nc2ccc([C@@H]3Nc4ccc(C)cc4[C@@H]4C=CC[C@@H]43)cc2)cc(Cl)c1OC. The Morgan fingerprint density at radius 1 is 1.12 bits per heavy atom. The van der Waals surface area contributed by atoms with Crippen molar-refractivity contribution in [1.82, 2.24) is 0 Å². The van der Waals surface area contributed by atoms with Crippen molar-refractivity contribution < 1.29 is 9.47 Å². The molecule has 2 aliphatic rings. The molecule has 1 aliphatic heterocycles. The van der Waals surface area contributed by atoms with E-state index in [4.69, 9.17) is 21.1 Å². The molecule has 0 spiro atoms. The van der Waals surface area contributed by atoms with Gasteiger partial charge < -0.3 is 14.8 Å². The van der Waals surface area contributed by atoms with Gasteiger partial charge in [0.2, 0.25) is 0 Å². The molecule has 0 radical (unpaired) electrons. The third kappa shape index (κ3) is 4.30. The normalized spacial score (nSPS) is 20.6. The quantitative estimate of drug-likeness (QED) is 0.296. The molecule has 1 N–H and O–H groups in total. The Balaban J connectivity index is 1.36. The van der Waals surface area contributed by atoms with Gasteiger partial charge in [0.15, 0.2) is 11.5 Å². The molecule has 0 unspecified atom stereocenters. The van der Waals surface area contributed by atoms with E-state index in [1.807, 2.05) is 19.1 Å². The number of aliphatic imine (C=N–C) groups is 1. The molecular weight excluding hydrogens is 444 g/mol. The summed E-state index contributed by atoms with van der Waals surface area (Å²) in [5.74, 6) is 2.16. The minimum atomic E-state index is 0.280. The lowest BCUT2D eigenvalue weighted by Crippen LogP contribution is -2.29. The highest BCUT2D eigenvalue weighted by molar-refractivity contribution is 6.32. The first kappa shape index (κ1) is 22.5. The fraction of sp³-hybridized carbons (Fsp3) is 0.276. The van der Waals surface area contributed by atoms with Crippen LogP contribution < -0.4 is 14.8 Å². The van der Waals surface area contributed by atoms with Crippen LogP contribution in [-0.2, 0) is 0 Å². The highest BCUT2D eigenvalue weighted by Crippen LogP contribution is 2.50. The summed E-state index contributed by atoms with van der Waals surface area (Å²) >= 11 is 6.37. The summed E-state index contributed by atoms with van der Waals surface area (Å²) in [6, 6.07) is 19.3. The first-order valence-corrected chi connectivity index (χ1v) is 12.1. The summed E-state index contributed by atoms with van der Waals surface area (Å²) in [7, 11) is 1.59.